The van der Waals surface area contributed by atoms with Crippen LogP contribution >= 0.6 is 11.3 Å². The molecule has 0 aliphatic carbocycles. The number of amides is 3. The van der Waals surface area contributed by atoms with E-state index >= 15 is 0 Å². The quantitative estimate of drug-likeness (QED) is 0.337. The molecule has 0 unspecified atom stereocenters. The normalized spacial score (nSPS) is 18.1. The number of sulfonamides is 1. The van der Waals surface area contributed by atoms with Crippen LogP contribution in [0.25, 0.3) is 0 Å². The lowest BCUT2D eigenvalue weighted by Gasteiger charge is -2.38. The first kappa shape index (κ1) is 30.3. The van der Waals surface area contributed by atoms with Gasteiger partial charge in [0, 0.05) is 30.9 Å². The zero-order valence-electron chi connectivity index (χ0n) is 23.2. The van der Waals surface area contributed by atoms with E-state index in [0.29, 0.717) is 17.1 Å². The van der Waals surface area contributed by atoms with Crippen molar-refractivity contribution in [2.24, 2.45) is 5.92 Å². The van der Waals surface area contributed by atoms with Crippen LogP contribution in [0, 0.1) is 5.92 Å². The molecular weight excluding hydrogens is 568 g/mol. The zero-order valence-corrected chi connectivity index (χ0v) is 24.9. The Morgan fingerprint density at radius 2 is 1.88 bits per heavy atom. The van der Waals surface area contributed by atoms with E-state index in [1.54, 1.807) is 72.8 Å². The number of carbonyl (C=O) groups excluding carboxylic acids is 2. The average Bonchev–Trinajstić information content (AvgIpc) is 3.51. The number of ether oxygens (including phenoxy) is 2. The van der Waals surface area contributed by atoms with Crippen LogP contribution in [0.2, 0.25) is 0 Å². The summed E-state index contributed by atoms with van der Waals surface area (Å²) in [5, 5.41) is 17.0. The monoisotopic (exact) mass is 602 g/mol. The lowest BCUT2D eigenvalue weighted by molar-refractivity contribution is 0.0387. The highest BCUT2D eigenvalue weighted by Crippen LogP contribution is 2.31. The van der Waals surface area contributed by atoms with Crippen LogP contribution < -0.4 is 20.1 Å². The molecule has 1 aromatic heterocycles. The predicted octanol–water partition coefficient (Wildman–Crippen LogP) is 3.94. The number of rotatable bonds is 9. The Bertz CT molecular complexity index is 1460. The molecule has 3 N–H and O–H groups in total. The SMILES string of the molecule is COc1ccc(NC(=O)Nc2ccc3c(c2)C(=O)N([C@H](C)CO)C[C@@H](C)[C@@H](CN(C)S(=O)(=O)c2cccs2)O3)cc1. The first-order chi connectivity index (χ1) is 19.5. The summed E-state index contributed by atoms with van der Waals surface area (Å²) in [6, 6.07) is 13.7. The number of hydrogen-bond acceptors (Lipinski definition) is 8. The number of methoxy groups -OCH3 is 1. The summed E-state index contributed by atoms with van der Waals surface area (Å²) in [5.74, 6) is 0.270. The molecule has 2 heterocycles. The molecule has 41 heavy (non-hydrogen) atoms. The van der Waals surface area contributed by atoms with Crippen LogP contribution in [0.1, 0.15) is 24.2 Å². The van der Waals surface area contributed by atoms with Crippen molar-refractivity contribution in [2.45, 2.75) is 30.2 Å². The Labute approximate surface area is 243 Å². The minimum atomic E-state index is -3.72. The number of aliphatic hydroxyl groups excluding tert-OH is 1. The van der Waals surface area contributed by atoms with Crippen molar-refractivity contribution in [3.8, 4) is 11.5 Å². The molecule has 0 spiro atoms. The highest BCUT2D eigenvalue weighted by molar-refractivity contribution is 7.91. The van der Waals surface area contributed by atoms with Gasteiger partial charge in [-0.05, 0) is 60.8 Å². The molecule has 4 rings (SSSR count). The number of fused-ring (bicyclic) bond motifs is 1. The fourth-order valence-corrected chi connectivity index (χ4v) is 6.79. The third-order valence-electron chi connectivity index (χ3n) is 6.87. The Balaban J connectivity index is 1.59. The van der Waals surface area contributed by atoms with E-state index in [1.807, 2.05) is 6.92 Å². The molecular formula is C28H34N4O7S2. The maximum Gasteiger partial charge on any atom is 0.323 e. The number of anilines is 2. The molecule has 3 aromatic rings. The van der Waals surface area contributed by atoms with Gasteiger partial charge in [-0.1, -0.05) is 13.0 Å². The van der Waals surface area contributed by atoms with Gasteiger partial charge in [-0.2, -0.15) is 4.31 Å². The van der Waals surface area contributed by atoms with Gasteiger partial charge in [0.05, 0.1) is 31.9 Å². The van der Waals surface area contributed by atoms with Crippen LogP contribution in [0.5, 0.6) is 11.5 Å². The minimum absolute atomic E-state index is 0.0423. The molecule has 3 amide bonds. The van der Waals surface area contributed by atoms with Gasteiger partial charge in [-0.25, -0.2) is 13.2 Å². The van der Waals surface area contributed by atoms with E-state index in [4.69, 9.17) is 9.47 Å². The zero-order chi connectivity index (χ0) is 29.7. The molecule has 3 atom stereocenters. The molecule has 2 aromatic carbocycles. The lowest BCUT2D eigenvalue weighted by atomic mass is 9.99. The lowest BCUT2D eigenvalue weighted by Crippen LogP contribution is -2.50. The molecule has 13 heteroatoms. The van der Waals surface area contributed by atoms with Crippen LogP contribution in [0.3, 0.4) is 0 Å². The number of thiophene rings is 1. The van der Waals surface area contributed by atoms with Gasteiger partial charge < -0.3 is 30.1 Å². The van der Waals surface area contributed by atoms with Gasteiger partial charge in [0.2, 0.25) is 0 Å². The van der Waals surface area contributed by atoms with E-state index in [0.717, 1.165) is 11.3 Å². The van der Waals surface area contributed by atoms with E-state index in [-0.39, 0.29) is 47.0 Å². The van der Waals surface area contributed by atoms with Gasteiger partial charge in [-0.15, -0.1) is 11.3 Å². The number of aliphatic hydroxyl groups is 1. The summed E-state index contributed by atoms with van der Waals surface area (Å²) in [5.41, 5.74) is 1.09. The first-order valence-electron chi connectivity index (χ1n) is 13.0. The van der Waals surface area contributed by atoms with Crippen molar-refractivity contribution in [1.82, 2.24) is 9.21 Å². The van der Waals surface area contributed by atoms with Crippen molar-refractivity contribution in [3.05, 3.63) is 65.5 Å². The van der Waals surface area contributed by atoms with Gasteiger partial charge in [0.25, 0.3) is 15.9 Å². The standard InChI is InChI=1S/C28H34N4O7S2/c1-18-15-32(19(2)17-33)27(34)23-14-21(30-28(35)29-20-7-10-22(38-4)11-8-20)9-12-24(23)39-25(18)16-31(3)41(36,37)26-6-5-13-40-26/h5-14,18-19,25,33H,15-17H2,1-4H3,(H2,29,30,35)/t18-,19-,25-/m1/s1. The Morgan fingerprint density at radius 1 is 1.20 bits per heavy atom. The molecule has 0 radical (unpaired) electrons. The number of hydrogen-bond donors (Lipinski definition) is 3. The second-order valence-corrected chi connectivity index (χ2v) is 13.1. The molecule has 0 saturated carbocycles. The summed E-state index contributed by atoms with van der Waals surface area (Å²) in [7, 11) is -0.671. The molecule has 0 fully saturated rings. The van der Waals surface area contributed by atoms with Crippen LogP contribution in [-0.2, 0) is 10.0 Å². The average molecular weight is 603 g/mol. The van der Waals surface area contributed by atoms with Gasteiger partial charge in [-0.3, -0.25) is 4.79 Å². The molecule has 11 nitrogen and oxygen atoms in total. The number of carbonyl (C=O) groups is 2. The fourth-order valence-electron chi connectivity index (χ4n) is 4.40. The third-order valence-corrected chi connectivity index (χ3v) is 10.1. The van der Waals surface area contributed by atoms with Crippen molar-refractivity contribution in [2.75, 3.05) is 44.5 Å². The second-order valence-electron chi connectivity index (χ2n) is 9.86. The van der Waals surface area contributed by atoms with Crippen molar-refractivity contribution >= 4 is 44.7 Å². The number of urea groups is 1. The third kappa shape index (κ3) is 6.99. The first-order valence-corrected chi connectivity index (χ1v) is 15.3. The topological polar surface area (TPSA) is 138 Å². The highest BCUT2D eigenvalue weighted by atomic mass is 32.2. The molecule has 0 saturated heterocycles. The van der Waals surface area contributed by atoms with E-state index < -0.39 is 28.2 Å². The van der Waals surface area contributed by atoms with Crippen molar-refractivity contribution in [1.29, 1.82) is 0 Å². The summed E-state index contributed by atoms with van der Waals surface area (Å²) in [4.78, 5) is 27.9. The maximum absolute atomic E-state index is 13.7. The van der Waals surface area contributed by atoms with Crippen LogP contribution in [-0.4, -0.2) is 80.7 Å². The summed E-state index contributed by atoms with van der Waals surface area (Å²) in [6.45, 7) is 3.63. The fraction of sp³-hybridized carbons (Fsp3) is 0.357. The maximum atomic E-state index is 13.7. The largest absolute Gasteiger partial charge is 0.497 e. The Morgan fingerprint density at radius 3 is 2.51 bits per heavy atom. The highest BCUT2D eigenvalue weighted by Gasteiger charge is 2.35. The van der Waals surface area contributed by atoms with E-state index in [1.165, 1.54) is 17.4 Å². The number of benzene rings is 2. The smallest absolute Gasteiger partial charge is 0.323 e. The minimum Gasteiger partial charge on any atom is -0.497 e. The summed E-state index contributed by atoms with van der Waals surface area (Å²) < 4.78 is 39.1. The Hall–Kier alpha value is -3.65. The summed E-state index contributed by atoms with van der Waals surface area (Å²) in [6.07, 6.45) is -0.604. The number of nitrogens with zero attached hydrogens (tertiary/aromatic N) is 2. The van der Waals surface area contributed by atoms with Gasteiger partial charge in [0.15, 0.2) is 0 Å². The molecule has 1 aliphatic heterocycles. The molecule has 1 aliphatic rings. The number of likely N-dealkylation sites (N-methyl/N-ethyl adjacent to an activating group) is 1. The predicted molar refractivity (Wildman–Crippen MR) is 157 cm³/mol. The van der Waals surface area contributed by atoms with Gasteiger partial charge in [0.1, 0.15) is 21.8 Å². The van der Waals surface area contributed by atoms with Gasteiger partial charge >= 0.3 is 6.03 Å². The van der Waals surface area contributed by atoms with Crippen molar-refractivity contribution < 1.29 is 32.6 Å². The summed E-state index contributed by atoms with van der Waals surface area (Å²) >= 11 is 1.14. The number of nitrogens with one attached hydrogen (secondary N) is 2. The van der Waals surface area contributed by atoms with Crippen LogP contribution in [0.15, 0.2) is 64.2 Å². The second kappa shape index (κ2) is 12.9. The van der Waals surface area contributed by atoms with Crippen molar-refractivity contribution in [3.63, 3.8) is 0 Å². The van der Waals surface area contributed by atoms with E-state index in [9.17, 15) is 23.1 Å². The van der Waals surface area contributed by atoms with Crippen LogP contribution in [0.4, 0.5) is 16.2 Å². The van der Waals surface area contributed by atoms with E-state index in [2.05, 4.69) is 10.6 Å². The molecule has 220 valence electrons. The Kier molecular flexibility index (Phi) is 9.53. The molecule has 0 bridgehead atoms.